The molecule has 7 nitrogen and oxygen atoms in total. The van der Waals surface area contributed by atoms with E-state index in [0.29, 0.717) is 18.5 Å². The predicted octanol–water partition coefficient (Wildman–Crippen LogP) is 0.846. The molecule has 0 atom stereocenters. The number of aliphatic hydroxyl groups excluding tert-OH is 1. The average Bonchev–Trinajstić information content (AvgIpc) is 2.84. The third-order valence-electron chi connectivity index (χ3n) is 2.45. The van der Waals surface area contributed by atoms with Crippen LogP contribution in [0.5, 0.6) is 0 Å². The van der Waals surface area contributed by atoms with Gasteiger partial charge in [-0.05, 0) is 30.5 Å². The highest BCUT2D eigenvalue weighted by molar-refractivity contribution is 7.94. The van der Waals surface area contributed by atoms with Gasteiger partial charge in [-0.1, -0.05) is 23.5 Å². The summed E-state index contributed by atoms with van der Waals surface area (Å²) in [5, 5.41) is 15.9. The minimum Gasteiger partial charge on any atom is -0.396 e. The van der Waals surface area contributed by atoms with Crippen molar-refractivity contribution in [2.75, 3.05) is 17.1 Å². The molecule has 0 saturated carbocycles. The Morgan fingerprint density at radius 3 is 2.80 bits per heavy atom. The zero-order valence-electron chi connectivity index (χ0n) is 10.5. The number of hydrogen-bond donors (Lipinski definition) is 3. The van der Waals surface area contributed by atoms with Crippen LogP contribution in [0.25, 0.3) is 0 Å². The predicted molar refractivity (Wildman–Crippen MR) is 77.0 cm³/mol. The summed E-state index contributed by atoms with van der Waals surface area (Å²) in [6.07, 6.45) is 1.31. The average molecular weight is 314 g/mol. The van der Waals surface area contributed by atoms with Crippen LogP contribution >= 0.6 is 11.3 Å². The second kappa shape index (κ2) is 6.16. The van der Waals surface area contributed by atoms with Gasteiger partial charge >= 0.3 is 0 Å². The third kappa shape index (κ3) is 3.65. The fourth-order valence-electron chi connectivity index (χ4n) is 1.60. The highest BCUT2D eigenvalue weighted by atomic mass is 32.2. The molecular formula is C11H14N4O3S2. The van der Waals surface area contributed by atoms with Crippen molar-refractivity contribution in [3.8, 4) is 0 Å². The molecule has 0 saturated heterocycles. The number of benzene rings is 1. The smallest absolute Gasteiger partial charge is 0.291 e. The summed E-state index contributed by atoms with van der Waals surface area (Å²) in [6, 6.07) is 6.98. The minimum absolute atomic E-state index is 0.0972. The van der Waals surface area contributed by atoms with E-state index in [-0.39, 0.29) is 16.1 Å². The molecule has 4 N–H and O–H groups in total. The molecule has 0 bridgehead atoms. The van der Waals surface area contributed by atoms with E-state index >= 15 is 0 Å². The summed E-state index contributed by atoms with van der Waals surface area (Å²) in [6.45, 7) is 0.0972. The van der Waals surface area contributed by atoms with Gasteiger partial charge in [0.15, 0.2) is 0 Å². The van der Waals surface area contributed by atoms with Crippen LogP contribution in [0.1, 0.15) is 12.0 Å². The molecular weight excluding hydrogens is 300 g/mol. The first-order valence-corrected chi connectivity index (χ1v) is 8.13. The van der Waals surface area contributed by atoms with Crippen molar-refractivity contribution in [3.63, 3.8) is 0 Å². The number of hydrogen-bond acceptors (Lipinski definition) is 7. The number of aryl methyl sites for hydroxylation is 1. The van der Waals surface area contributed by atoms with Crippen LogP contribution < -0.4 is 10.5 Å². The molecule has 2 rings (SSSR count). The van der Waals surface area contributed by atoms with E-state index < -0.39 is 10.0 Å². The number of nitrogens with one attached hydrogen (secondary N) is 1. The van der Waals surface area contributed by atoms with Crippen molar-refractivity contribution in [1.29, 1.82) is 0 Å². The molecule has 0 radical (unpaired) electrons. The van der Waals surface area contributed by atoms with Gasteiger partial charge in [0.1, 0.15) is 0 Å². The second-order valence-corrected chi connectivity index (χ2v) is 6.90. The molecule has 0 fully saturated rings. The molecule has 1 aromatic carbocycles. The first-order valence-electron chi connectivity index (χ1n) is 5.83. The molecule has 0 unspecified atom stereocenters. The summed E-state index contributed by atoms with van der Waals surface area (Å²) in [7, 11) is -3.76. The number of aliphatic hydroxyl groups is 1. The van der Waals surface area contributed by atoms with E-state index in [1.807, 2.05) is 6.07 Å². The van der Waals surface area contributed by atoms with Gasteiger partial charge in [0.25, 0.3) is 14.4 Å². The maximum atomic E-state index is 12.0. The zero-order chi connectivity index (χ0) is 14.6. The van der Waals surface area contributed by atoms with E-state index in [1.54, 1.807) is 18.2 Å². The molecule has 0 aliphatic heterocycles. The molecule has 0 aliphatic carbocycles. The number of rotatable bonds is 6. The quantitative estimate of drug-likeness (QED) is 0.727. The minimum atomic E-state index is -3.76. The van der Waals surface area contributed by atoms with Gasteiger partial charge in [0, 0.05) is 12.3 Å². The summed E-state index contributed by atoms with van der Waals surface area (Å²) >= 11 is 0.804. The van der Waals surface area contributed by atoms with E-state index in [4.69, 9.17) is 10.8 Å². The molecule has 1 aromatic heterocycles. The normalized spacial score (nSPS) is 11.4. The van der Waals surface area contributed by atoms with Crippen molar-refractivity contribution >= 4 is 32.2 Å². The van der Waals surface area contributed by atoms with Crippen LogP contribution in [0.4, 0.5) is 10.8 Å². The van der Waals surface area contributed by atoms with Gasteiger partial charge in [-0.2, -0.15) is 8.42 Å². The number of sulfonamides is 1. The standard InChI is InChI=1S/C11H14N4O3S2/c12-10-13-14-11(19-10)20(17,18)15-9-5-1-3-8(7-9)4-2-6-16/h1,3,5,7,15-16H,2,4,6H2,(H2,12,13). The summed E-state index contributed by atoms with van der Waals surface area (Å²) in [5.41, 5.74) is 6.76. The third-order valence-corrected chi connectivity index (χ3v) is 4.96. The monoisotopic (exact) mass is 314 g/mol. The number of nitrogens with two attached hydrogens (primary N) is 1. The van der Waals surface area contributed by atoms with Crippen molar-refractivity contribution in [1.82, 2.24) is 10.2 Å². The molecule has 0 aliphatic rings. The Balaban J connectivity index is 2.17. The first kappa shape index (κ1) is 14.7. The lowest BCUT2D eigenvalue weighted by Gasteiger charge is -2.07. The van der Waals surface area contributed by atoms with Gasteiger partial charge in [-0.25, -0.2) is 0 Å². The molecule has 108 valence electrons. The Morgan fingerprint density at radius 1 is 1.35 bits per heavy atom. The zero-order valence-corrected chi connectivity index (χ0v) is 12.1. The Bertz CT molecular complexity index is 684. The van der Waals surface area contributed by atoms with Gasteiger partial charge in [-0.3, -0.25) is 4.72 Å². The number of anilines is 2. The molecule has 0 amide bonds. The number of nitrogens with zero attached hydrogens (tertiary/aromatic N) is 2. The van der Waals surface area contributed by atoms with Gasteiger partial charge in [0.05, 0.1) is 0 Å². The SMILES string of the molecule is Nc1nnc(S(=O)(=O)Nc2cccc(CCCO)c2)s1. The second-order valence-electron chi connectivity index (χ2n) is 4.04. The van der Waals surface area contributed by atoms with Gasteiger partial charge in [-0.15, -0.1) is 10.2 Å². The van der Waals surface area contributed by atoms with Crippen LogP contribution in [0.2, 0.25) is 0 Å². The Morgan fingerprint density at radius 2 is 2.15 bits per heavy atom. The molecule has 9 heteroatoms. The van der Waals surface area contributed by atoms with Crippen molar-refractivity contribution < 1.29 is 13.5 Å². The van der Waals surface area contributed by atoms with Crippen molar-refractivity contribution in [2.45, 2.75) is 17.2 Å². The summed E-state index contributed by atoms with van der Waals surface area (Å²) in [4.78, 5) is 0. The lowest BCUT2D eigenvalue weighted by atomic mass is 10.1. The maximum absolute atomic E-state index is 12.0. The highest BCUT2D eigenvalue weighted by Crippen LogP contribution is 2.21. The summed E-state index contributed by atoms with van der Waals surface area (Å²) < 4.78 is 26.3. The van der Waals surface area contributed by atoms with E-state index in [2.05, 4.69) is 14.9 Å². The maximum Gasteiger partial charge on any atom is 0.291 e. The molecule has 1 heterocycles. The molecule has 2 aromatic rings. The number of aromatic nitrogens is 2. The van der Waals surface area contributed by atoms with Crippen LogP contribution in [0, 0.1) is 0 Å². The van der Waals surface area contributed by atoms with Crippen molar-refractivity contribution in [2.24, 2.45) is 0 Å². The Labute approximate surface area is 120 Å². The fourth-order valence-corrected chi connectivity index (χ4v) is 3.44. The Hall–Kier alpha value is -1.71. The van der Waals surface area contributed by atoms with Crippen LogP contribution in [-0.4, -0.2) is 30.3 Å². The lowest BCUT2D eigenvalue weighted by molar-refractivity contribution is 0.288. The van der Waals surface area contributed by atoms with Crippen LogP contribution in [0.3, 0.4) is 0 Å². The van der Waals surface area contributed by atoms with Crippen LogP contribution in [-0.2, 0) is 16.4 Å². The van der Waals surface area contributed by atoms with Crippen LogP contribution in [0.15, 0.2) is 28.6 Å². The fraction of sp³-hybridized carbons (Fsp3) is 0.273. The summed E-state index contributed by atoms with van der Waals surface area (Å²) in [5.74, 6) is 0. The van der Waals surface area contributed by atoms with Crippen molar-refractivity contribution in [3.05, 3.63) is 29.8 Å². The largest absolute Gasteiger partial charge is 0.396 e. The first-order chi connectivity index (χ1) is 9.51. The molecule has 0 spiro atoms. The lowest BCUT2D eigenvalue weighted by Crippen LogP contribution is -2.12. The topological polar surface area (TPSA) is 118 Å². The Kier molecular flexibility index (Phi) is 4.53. The van der Waals surface area contributed by atoms with E-state index in [9.17, 15) is 8.42 Å². The van der Waals surface area contributed by atoms with Gasteiger partial charge in [0.2, 0.25) is 5.13 Å². The van der Waals surface area contributed by atoms with Gasteiger partial charge < -0.3 is 10.8 Å². The van der Waals surface area contributed by atoms with E-state index in [1.165, 1.54) is 0 Å². The van der Waals surface area contributed by atoms with E-state index in [0.717, 1.165) is 16.9 Å². The highest BCUT2D eigenvalue weighted by Gasteiger charge is 2.19. The molecule has 20 heavy (non-hydrogen) atoms. The number of nitrogen functional groups attached to an aromatic ring is 1.